The highest BCUT2D eigenvalue weighted by molar-refractivity contribution is 7.15. The molecule has 1 aliphatic carbocycles. The normalized spacial score (nSPS) is 19.6. The van der Waals surface area contributed by atoms with Crippen LogP contribution in [0.2, 0.25) is 0 Å². The third kappa shape index (κ3) is 2.80. The molecule has 1 aromatic heterocycles. The number of anilines is 1. The number of aromatic nitrogens is 2. The van der Waals surface area contributed by atoms with E-state index in [1.54, 1.807) is 16.2 Å². The molecule has 6 nitrogen and oxygen atoms in total. The molecule has 0 radical (unpaired) electrons. The lowest BCUT2D eigenvalue weighted by Gasteiger charge is -2.33. The standard InChI is InChI=1S/C12H18N4O2S/c1-2-18-12(17)16-7-5-15(6-8-16)11-14-13-10(19-11)9-3-4-9/h9H,2-8H2,1H3. The Kier molecular flexibility index (Phi) is 3.54. The van der Waals surface area contributed by atoms with Crippen molar-refractivity contribution in [3.8, 4) is 0 Å². The van der Waals surface area contributed by atoms with Gasteiger partial charge >= 0.3 is 6.09 Å². The minimum Gasteiger partial charge on any atom is -0.450 e. The van der Waals surface area contributed by atoms with Crippen molar-refractivity contribution in [2.45, 2.75) is 25.7 Å². The predicted molar refractivity (Wildman–Crippen MR) is 72.7 cm³/mol. The number of ether oxygens (including phenoxy) is 1. The van der Waals surface area contributed by atoms with Crippen LogP contribution in [0.1, 0.15) is 30.7 Å². The molecule has 0 atom stereocenters. The van der Waals surface area contributed by atoms with Crippen LogP contribution >= 0.6 is 11.3 Å². The molecule has 1 saturated carbocycles. The van der Waals surface area contributed by atoms with E-state index in [1.807, 2.05) is 6.92 Å². The van der Waals surface area contributed by atoms with E-state index >= 15 is 0 Å². The van der Waals surface area contributed by atoms with Crippen LogP contribution in [-0.4, -0.2) is 54.0 Å². The Morgan fingerprint density at radius 2 is 2.05 bits per heavy atom. The van der Waals surface area contributed by atoms with E-state index in [-0.39, 0.29) is 6.09 Å². The molecule has 0 spiro atoms. The summed E-state index contributed by atoms with van der Waals surface area (Å²) in [6.07, 6.45) is 2.30. The van der Waals surface area contributed by atoms with Crippen molar-refractivity contribution < 1.29 is 9.53 Å². The lowest BCUT2D eigenvalue weighted by Crippen LogP contribution is -2.49. The fraction of sp³-hybridized carbons (Fsp3) is 0.750. The third-order valence-electron chi connectivity index (χ3n) is 3.43. The zero-order valence-corrected chi connectivity index (χ0v) is 11.9. The molecule has 1 amide bonds. The number of rotatable bonds is 3. The van der Waals surface area contributed by atoms with Gasteiger partial charge in [-0.1, -0.05) is 11.3 Å². The van der Waals surface area contributed by atoms with Gasteiger partial charge in [0.05, 0.1) is 6.61 Å². The molecule has 1 saturated heterocycles. The average molecular weight is 282 g/mol. The summed E-state index contributed by atoms with van der Waals surface area (Å²) >= 11 is 1.70. The van der Waals surface area contributed by atoms with Gasteiger partial charge < -0.3 is 14.5 Å². The summed E-state index contributed by atoms with van der Waals surface area (Å²) in [6, 6.07) is 0. The maximum Gasteiger partial charge on any atom is 0.409 e. The molecule has 0 bridgehead atoms. The lowest BCUT2D eigenvalue weighted by molar-refractivity contribution is 0.105. The molecule has 0 aromatic carbocycles. The van der Waals surface area contributed by atoms with Crippen LogP contribution in [0.4, 0.5) is 9.93 Å². The maximum atomic E-state index is 11.6. The van der Waals surface area contributed by atoms with E-state index in [1.165, 1.54) is 17.8 Å². The summed E-state index contributed by atoms with van der Waals surface area (Å²) < 4.78 is 5.01. The number of nitrogens with zero attached hydrogens (tertiary/aromatic N) is 4. The SMILES string of the molecule is CCOC(=O)N1CCN(c2nnc(C3CC3)s2)CC1. The number of piperazine rings is 1. The van der Waals surface area contributed by atoms with E-state index < -0.39 is 0 Å². The predicted octanol–water partition coefficient (Wildman–Crippen LogP) is 1.69. The first kappa shape index (κ1) is 12.7. The molecule has 2 fully saturated rings. The Morgan fingerprint density at radius 3 is 2.68 bits per heavy atom. The van der Waals surface area contributed by atoms with Crippen LogP contribution in [0.5, 0.6) is 0 Å². The van der Waals surface area contributed by atoms with Gasteiger partial charge in [-0.3, -0.25) is 0 Å². The second kappa shape index (κ2) is 5.32. The van der Waals surface area contributed by atoms with Crippen molar-refractivity contribution in [1.82, 2.24) is 15.1 Å². The largest absolute Gasteiger partial charge is 0.450 e. The number of hydrogen-bond acceptors (Lipinski definition) is 6. The van der Waals surface area contributed by atoms with Gasteiger partial charge in [0.15, 0.2) is 0 Å². The van der Waals surface area contributed by atoms with E-state index in [0.29, 0.717) is 25.6 Å². The van der Waals surface area contributed by atoms with Gasteiger partial charge in [0.25, 0.3) is 0 Å². The van der Waals surface area contributed by atoms with Gasteiger partial charge in [-0.15, -0.1) is 10.2 Å². The average Bonchev–Trinajstić information content (AvgIpc) is 3.17. The topological polar surface area (TPSA) is 58.6 Å². The first-order valence-corrected chi connectivity index (χ1v) is 7.59. The minimum atomic E-state index is -0.210. The quantitative estimate of drug-likeness (QED) is 0.844. The lowest BCUT2D eigenvalue weighted by atomic mass is 10.3. The van der Waals surface area contributed by atoms with Crippen LogP contribution in [0.25, 0.3) is 0 Å². The van der Waals surface area contributed by atoms with Crippen LogP contribution in [0, 0.1) is 0 Å². The Bertz CT molecular complexity index is 452. The number of hydrogen-bond donors (Lipinski definition) is 0. The monoisotopic (exact) mass is 282 g/mol. The number of carbonyl (C=O) groups excluding carboxylic acids is 1. The summed E-state index contributed by atoms with van der Waals surface area (Å²) in [6.45, 7) is 5.25. The van der Waals surface area contributed by atoms with E-state index in [2.05, 4.69) is 15.1 Å². The molecule has 7 heteroatoms. The molecule has 2 heterocycles. The Morgan fingerprint density at radius 1 is 1.32 bits per heavy atom. The third-order valence-corrected chi connectivity index (χ3v) is 4.58. The first-order valence-electron chi connectivity index (χ1n) is 6.78. The molecular formula is C12H18N4O2S. The van der Waals surface area contributed by atoms with Gasteiger partial charge in [0, 0.05) is 32.1 Å². The van der Waals surface area contributed by atoms with E-state index in [4.69, 9.17) is 4.74 Å². The highest BCUT2D eigenvalue weighted by Crippen LogP contribution is 2.42. The van der Waals surface area contributed by atoms with Crippen LogP contribution in [0.3, 0.4) is 0 Å². The molecule has 19 heavy (non-hydrogen) atoms. The summed E-state index contributed by atoms with van der Waals surface area (Å²) in [4.78, 5) is 15.6. The van der Waals surface area contributed by atoms with Crippen LogP contribution < -0.4 is 4.90 Å². The van der Waals surface area contributed by atoms with Crippen molar-refractivity contribution in [3.63, 3.8) is 0 Å². The van der Waals surface area contributed by atoms with Crippen molar-refractivity contribution in [2.75, 3.05) is 37.7 Å². The molecule has 0 N–H and O–H groups in total. The van der Waals surface area contributed by atoms with Gasteiger partial charge in [-0.05, 0) is 19.8 Å². The molecule has 0 unspecified atom stereocenters. The van der Waals surface area contributed by atoms with Crippen LogP contribution in [0.15, 0.2) is 0 Å². The summed E-state index contributed by atoms with van der Waals surface area (Å²) in [5.74, 6) is 0.659. The first-order chi connectivity index (χ1) is 9.28. The van der Waals surface area contributed by atoms with Gasteiger partial charge in [0.2, 0.25) is 5.13 Å². The zero-order chi connectivity index (χ0) is 13.2. The Balaban J connectivity index is 1.55. The molecule has 104 valence electrons. The van der Waals surface area contributed by atoms with Crippen molar-refractivity contribution >= 4 is 22.6 Å². The molecule has 1 aliphatic heterocycles. The summed E-state index contributed by atoms with van der Waals surface area (Å²) in [7, 11) is 0. The van der Waals surface area contributed by atoms with Crippen molar-refractivity contribution in [1.29, 1.82) is 0 Å². The summed E-state index contributed by atoms with van der Waals surface area (Å²) in [5, 5.41) is 10.7. The fourth-order valence-electron chi connectivity index (χ4n) is 2.14. The fourth-order valence-corrected chi connectivity index (χ4v) is 3.21. The molecule has 3 rings (SSSR count). The number of carbonyl (C=O) groups is 1. The Labute approximate surface area is 116 Å². The van der Waals surface area contributed by atoms with Gasteiger partial charge in [-0.25, -0.2) is 4.79 Å². The molecule has 1 aromatic rings. The Hall–Kier alpha value is -1.37. The van der Waals surface area contributed by atoms with Gasteiger partial charge in [-0.2, -0.15) is 0 Å². The highest BCUT2D eigenvalue weighted by Gasteiger charge is 2.29. The second-order valence-electron chi connectivity index (χ2n) is 4.87. The highest BCUT2D eigenvalue weighted by atomic mass is 32.1. The zero-order valence-electron chi connectivity index (χ0n) is 11.0. The van der Waals surface area contributed by atoms with E-state index in [9.17, 15) is 4.79 Å². The maximum absolute atomic E-state index is 11.6. The van der Waals surface area contributed by atoms with Crippen molar-refractivity contribution in [3.05, 3.63) is 5.01 Å². The van der Waals surface area contributed by atoms with E-state index in [0.717, 1.165) is 18.2 Å². The number of amides is 1. The van der Waals surface area contributed by atoms with Crippen molar-refractivity contribution in [2.24, 2.45) is 0 Å². The molecule has 2 aliphatic rings. The minimum absolute atomic E-state index is 0.210. The van der Waals surface area contributed by atoms with Crippen LogP contribution in [-0.2, 0) is 4.74 Å². The smallest absolute Gasteiger partial charge is 0.409 e. The summed E-state index contributed by atoms with van der Waals surface area (Å²) in [5.41, 5.74) is 0. The van der Waals surface area contributed by atoms with Gasteiger partial charge in [0.1, 0.15) is 5.01 Å². The molecular weight excluding hydrogens is 264 g/mol. The second-order valence-corrected chi connectivity index (χ2v) is 5.86.